The Kier molecular flexibility index (Phi) is 5.00. The summed E-state index contributed by atoms with van der Waals surface area (Å²) in [6, 6.07) is 10.2. The van der Waals surface area contributed by atoms with E-state index in [1.54, 1.807) is 4.90 Å². The topological polar surface area (TPSA) is 46.6 Å². The molecule has 0 saturated carbocycles. The minimum atomic E-state index is -0.410. The van der Waals surface area contributed by atoms with Gasteiger partial charge in [0.25, 0.3) is 5.91 Å². The van der Waals surface area contributed by atoms with E-state index in [1.807, 2.05) is 32.0 Å². The van der Waals surface area contributed by atoms with Gasteiger partial charge in [-0.15, -0.1) is 11.3 Å². The van der Waals surface area contributed by atoms with Gasteiger partial charge in [-0.1, -0.05) is 24.3 Å². The van der Waals surface area contributed by atoms with E-state index in [1.165, 1.54) is 28.0 Å². The van der Waals surface area contributed by atoms with Crippen molar-refractivity contribution in [2.24, 2.45) is 0 Å². The predicted octanol–water partition coefficient (Wildman–Crippen LogP) is 3.54. The SMILES string of the molecule is CCN(CC)C(=O)COC(=O)c1cc2c(s1)-c1ccccc1CC2. The molecule has 0 bridgehead atoms. The maximum atomic E-state index is 12.3. The highest BCUT2D eigenvalue weighted by atomic mass is 32.1. The predicted molar refractivity (Wildman–Crippen MR) is 95.4 cm³/mol. The van der Waals surface area contributed by atoms with Gasteiger partial charge in [0.15, 0.2) is 6.61 Å². The Morgan fingerprint density at radius 2 is 1.83 bits per heavy atom. The average Bonchev–Trinajstić information content (AvgIpc) is 3.05. The lowest BCUT2D eigenvalue weighted by molar-refractivity contribution is -0.134. The molecular weight excluding hydrogens is 322 g/mol. The minimum absolute atomic E-state index is 0.153. The van der Waals surface area contributed by atoms with E-state index < -0.39 is 5.97 Å². The Bertz CT molecular complexity index is 762. The fourth-order valence-corrected chi connectivity index (χ4v) is 4.20. The molecule has 0 N–H and O–H groups in total. The van der Waals surface area contributed by atoms with Crippen LogP contribution in [0.4, 0.5) is 0 Å². The first kappa shape index (κ1) is 16.7. The van der Waals surface area contributed by atoms with Gasteiger partial charge < -0.3 is 9.64 Å². The van der Waals surface area contributed by atoms with E-state index in [-0.39, 0.29) is 12.5 Å². The smallest absolute Gasteiger partial charge is 0.348 e. The second-order valence-electron chi connectivity index (χ2n) is 5.76. The number of hydrogen-bond donors (Lipinski definition) is 0. The number of benzene rings is 1. The summed E-state index contributed by atoms with van der Waals surface area (Å²) in [4.78, 5) is 27.6. The molecule has 3 rings (SSSR count). The van der Waals surface area contributed by atoms with Gasteiger partial charge in [0.05, 0.1) is 0 Å². The Balaban J connectivity index is 1.72. The highest BCUT2D eigenvalue weighted by Crippen LogP contribution is 2.39. The number of carbonyl (C=O) groups excluding carboxylic acids is 2. The Hall–Kier alpha value is -2.14. The highest BCUT2D eigenvalue weighted by Gasteiger charge is 2.22. The number of aryl methyl sites for hydroxylation is 2. The summed E-state index contributed by atoms with van der Waals surface area (Å²) in [6.45, 7) is 4.87. The third kappa shape index (κ3) is 3.22. The van der Waals surface area contributed by atoms with E-state index in [0.717, 1.165) is 17.7 Å². The second kappa shape index (κ2) is 7.18. The van der Waals surface area contributed by atoms with Crippen molar-refractivity contribution in [3.63, 3.8) is 0 Å². The fraction of sp³-hybridized carbons (Fsp3) is 0.368. The lowest BCUT2D eigenvalue weighted by Gasteiger charge is -2.17. The summed E-state index contributed by atoms with van der Waals surface area (Å²) >= 11 is 1.46. The van der Waals surface area contributed by atoms with Crippen LogP contribution in [0.3, 0.4) is 0 Å². The molecule has 0 atom stereocenters. The monoisotopic (exact) mass is 343 g/mol. The number of carbonyl (C=O) groups is 2. The zero-order valence-electron chi connectivity index (χ0n) is 14.0. The summed E-state index contributed by atoms with van der Waals surface area (Å²) in [6.07, 6.45) is 1.93. The molecule has 0 unspecified atom stereocenters. The molecule has 1 aliphatic rings. The zero-order chi connectivity index (χ0) is 17.1. The van der Waals surface area contributed by atoms with Gasteiger partial charge in [0.1, 0.15) is 4.88 Å². The molecule has 0 saturated heterocycles. The van der Waals surface area contributed by atoms with Crippen molar-refractivity contribution in [2.75, 3.05) is 19.7 Å². The molecule has 1 amide bonds. The van der Waals surface area contributed by atoms with Crippen molar-refractivity contribution >= 4 is 23.2 Å². The summed E-state index contributed by atoms with van der Waals surface area (Å²) in [5.41, 5.74) is 3.73. The molecule has 1 aromatic carbocycles. The largest absolute Gasteiger partial charge is 0.451 e. The summed E-state index contributed by atoms with van der Waals surface area (Å²) in [7, 11) is 0. The van der Waals surface area contributed by atoms with Crippen molar-refractivity contribution in [1.82, 2.24) is 4.90 Å². The highest BCUT2D eigenvalue weighted by molar-refractivity contribution is 7.17. The summed E-state index contributed by atoms with van der Waals surface area (Å²) in [5.74, 6) is -0.563. The van der Waals surface area contributed by atoms with E-state index in [9.17, 15) is 9.59 Å². The van der Waals surface area contributed by atoms with Crippen LogP contribution >= 0.6 is 11.3 Å². The van der Waals surface area contributed by atoms with Crippen LogP contribution in [0.25, 0.3) is 10.4 Å². The van der Waals surface area contributed by atoms with Crippen LogP contribution in [0.15, 0.2) is 30.3 Å². The maximum absolute atomic E-state index is 12.3. The van der Waals surface area contributed by atoms with Gasteiger partial charge in [-0.2, -0.15) is 0 Å². The molecule has 0 spiro atoms. The normalized spacial score (nSPS) is 12.2. The third-order valence-corrected chi connectivity index (χ3v) is 5.57. The second-order valence-corrected chi connectivity index (χ2v) is 6.82. The van der Waals surface area contributed by atoms with Crippen LogP contribution in [-0.2, 0) is 22.4 Å². The molecular formula is C19H21NO3S. The van der Waals surface area contributed by atoms with Gasteiger partial charge in [-0.05, 0) is 49.4 Å². The van der Waals surface area contributed by atoms with Crippen molar-refractivity contribution in [3.8, 4) is 10.4 Å². The molecule has 0 fully saturated rings. The van der Waals surface area contributed by atoms with Gasteiger partial charge in [-0.25, -0.2) is 4.79 Å². The fourth-order valence-electron chi connectivity index (χ4n) is 3.04. The Morgan fingerprint density at radius 3 is 2.58 bits per heavy atom. The number of likely N-dealkylation sites (N-methyl/N-ethyl adjacent to an activating group) is 1. The zero-order valence-corrected chi connectivity index (χ0v) is 14.8. The number of rotatable bonds is 5. The molecule has 126 valence electrons. The van der Waals surface area contributed by atoms with E-state index >= 15 is 0 Å². The number of nitrogens with zero attached hydrogens (tertiary/aromatic N) is 1. The van der Waals surface area contributed by atoms with Crippen LogP contribution in [0, 0.1) is 0 Å². The maximum Gasteiger partial charge on any atom is 0.348 e. The minimum Gasteiger partial charge on any atom is -0.451 e. The van der Waals surface area contributed by atoms with Crippen LogP contribution in [0.1, 0.15) is 34.6 Å². The Morgan fingerprint density at radius 1 is 1.12 bits per heavy atom. The quantitative estimate of drug-likeness (QED) is 0.780. The Labute approximate surface area is 146 Å². The lowest BCUT2D eigenvalue weighted by Crippen LogP contribution is -2.34. The number of hydrogen-bond acceptors (Lipinski definition) is 4. The van der Waals surface area contributed by atoms with Gasteiger partial charge >= 0.3 is 5.97 Å². The molecule has 24 heavy (non-hydrogen) atoms. The first-order valence-electron chi connectivity index (χ1n) is 8.29. The average molecular weight is 343 g/mol. The van der Waals surface area contributed by atoms with Crippen molar-refractivity contribution in [3.05, 3.63) is 46.3 Å². The summed E-state index contributed by atoms with van der Waals surface area (Å²) < 4.78 is 5.22. The lowest BCUT2D eigenvalue weighted by atomic mass is 9.91. The van der Waals surface area contributed by atoms with Crippen LogP contribution in [0.5, 0.6) is 0 Å². The van der Waals surface area contributed by atoms with Crippen LogP contribution in [-0.4, -0.2) is 36.5 Å². The van der Waals surface area contributed by atoms with E-state index in [2.05, 4.69) is 12.1 Å². The molecule has 2 aromatic rings. The molecule has 1 aromatic heterocycles. The molecule has 0 aliphatic heterocycles. The van der Waals surface area contributed by atoms with Crippen LogP contribution in [0.2, 0.25) is 0 Å². The standard InChI is InChI=1S/C19H21NO3S/c1-3-20(4-2)17(21)12-23-19(22)16-11-14-10-9-13-7-5-6-8-15(13)18(14)24-16/h5-8,11H,3-4,9-10,12H2,1-2H3. The molecule has 1 heterocycles. The molecule has 5 heteroatoms. The number of thiophene rings is 1. The number of fused-ring (bicyclic) bond motifs is 3. The van der Waals surface area contributed by atoms with Crippen LogP contribution < -0.4 is 0 Å². The molecule has 4 nitrogen and oxygen atoms in total. The number of ether oxygens (including phenoxy) is 1. The van der Waals surface area contributed by atoms with Crippen molar-refractivity contribution < 1.29 is 14.3 Å². The van der Waals surface area contributed by atoms with E-state index in [4.69, 9.17) is 4.74 Å². The first-order chi connectivity index (χ1) is 11.6. The van der Waals surface area contributed by atoms with Gasteiger partial charge in [0, 0.05) is 18.0 Å². The van der Waals surface area contributed by atoms with Gasteiger partial charge in [0.2, 0.25) is 0 Å². The van der Waals surface area contributed by atoms with E-state index in [0.29, 0.717) is 18.0 Å². The third-order valence-electron chi connectivity index (χ3n) is 4.38. The van der Waals surface area contributed by atoms with Gasteiger partial charge in [-0.3, -0.25) is 4.79 Å². The molecule has 1 aliphatic carbocycles. The first-order valence-corrected chi connectivity index (χ1v) is 9.11. The summed E-state index contributed by atoms with van der Waals surface area (Å²) in [5, 5.41) is 0. The van der Waals surface area contributed by atoms with Crippen molar-refractivity contribution in [2.45, 2.75) is 26.7 Å². The van der Waals surface area contributed by atoms with Crippen molar-refractivity contribution in [1.29, 1.82) is 0 Å². The molecule has 0 radical (unpaired) electrons. The number of esters is 1. The number of amides is 1.